The van der Waals surface area contributed by atoms with Crippen molar-refractivity contribution in [2.75, 3.05) is 40.3 Å². The summed E-state index contributed by atoms with van der Waals surface area (Å²) >= 11 is 0. The molecule has 1 aliphatic rings. The SMILES string of the molecule is COc1ccc(CNC(=O)C(C)N2CCN(C)CC2)cc1. The van der Waals surface area contributed by atoms with Gasteiger partial charge in [0.25, 0.3) is 0 Å². The number of rotatable bonds is 5. The number of ether oxygens (including phenoxy) is 1. The largest absolute Gasteiger partial charge is 0.497 e. The molecule has 1 aromatic carbocycles. The molecule has 0 aliphatic carbocycles. The van der Waals surface area contributed by atoms with Crippen molar-refractivity contribution in [2.24, 2.45) is 0 Å². The molecule has 1 heterocycles. The van der Waals surface area contributed by atoms with E-state index in [0.717, 1.165) is 37.5 Å². The number of nitrogens with one attached hydrogen (secondary N) is 1. The van der Waals surface area contributed by atoms with E-state index in [0.29, 0.717) is 6.54 Å². The number of likely N-dealkylation sites (N-methyl/N-ethyl adjacent to an activating group) is 1. The first-order valence-corrected chi connectivity index (χ1v) is 7.43. The summed E-state index contributed by atoms with van der Waals surface area (Å²) in [5.74, 6) is 0.922. The van der Waals surface area contributed by atoms with Gasteiger partial charge in [0.1, 0.15) is 5.75 Å². The first-order valence-electron chi connectivity index (χ1n) is 7.43. The molecular formula is C16H25N3O2. The smallest absolute Gasteiger partial charge is 0.237 e. The molecule has 1 aliphatic heterocycles. The van der Waals surface area contributed by atoms with E-state index in [1.165, 1.54) is 0 Å². The Balaban J connectivity index is 1.80. The van der Waals surface area contributed by atoms with Gasteiger partial charge in [-0.25, -0.2) is 0 Å². The van der Waals surface area contributed by atoms with E-state index in [1.54, 1.807) is 7.11 Å². The van der Waals surface area contributed by atoms with E-state index in [9.17, 15) is 4.79 Å². The number of methoxy groups -OCH3 is 1. The second kappa shape index (κ2) is 7.43. The molecule has 1 saturated heterocycles. The molecule has 116 valence electrons. The molecule has 2 rings (SSSR count). The van der Waals surface area contributed by atoms with Crippen molar-refractivity contribution >= 4 is 5.91 Å². The van der Waals surface area contributed by atoms with Gasteiger partial charge in [-0.1, -0.05) is 12.1 Å². The van der Waals surface area contributed by atoms with Crippen LogP contribution in [0.15, 0.2) is 24.3 Å². The second-order valence-corrected chi connectivity index (χ2v) is 5.58. The summed E-state index contributed by atoms with van der Waals surface area (Å²) in [5.41, 5.74) is 1.08. The van der Waals surface area contributed by atoms with Crippen molar-refractivity contribution in [3.63, 3.8) is 0 Å². The van der Waals surface area contributed by atoms with Crippen LogP contribution in [0.1, 0.15) is 12.5 Å². The Bertz CT molecular complexity index is 453. The van der Waals surface area contributed by atoms with E-state index in [4.69, 9.17) is 4.74 Å². The summed E-state index contributed by atoms with van der Waals surface area (Å²) in [6, 6.07) is 7.69. The summed E-state index contributed by atoms with van der Waals surface area (Å²) in [7, 11) is 3.76. The zero-order chi connectivity index (χ0) is 15.2. The Morgan fingerprint density at radius 1 is 1.24 bits per heavy atom. The highest BCUT2D eigenvalue weighted by atomic mass is 16.5. The summed E-state index contributed by atoms with van der Waals surface area (Å²) in [5, 5.41) is 3.01. The normalized spacial score (nSPS) is 18.2. The van der Waals surface area contributed by atoms with E-state index in [2.05, 4.69) is 22.2 Å². The molecular weight excluding hydrogens is 266 g/mol. The number of piperazine rings is 1. The van der Waals surface area contributed by atoms with Gasteiger partial charge in [0.2, 0.25) is 5.91 Å². The van der Waals surface area contributed by atoms with Crippen molar-refractivity contribution in [2.45, 2.75) is 19.5 Å². The number of hydrogen-bond acceptors (Lipinski definition) is 4. The average molecular weight is 291 g/mol. The van der Waals surface area contributed by atoms with Crippen LogP contribution in [0, 0.1) is 0 Å². The molecule has 0 saturated carbocycles. The lowest BCUT2D eigenvalue weighted by Gasteiger charge is -2.35. The van der Waals surface area contributed by atoms with Gasteiger partial charge in [-0.05, 0) is 31.7 Å². The van der Waals surface area contributed by atoms with Gasteiger partial charge in [0.05, 0.1) is 13.2 Å². The highest BCUT2D eigenvalue weighted by molar-refractivity contribution is 5.81. The molecule has 0 aromatic heterocycles. The van der Waals surface area contributed by atoms with Crippen LogP contribution >= 0.6 is 0 Å². The maximum atomic E-state index is 12.2. The van der Waals surface area contributed by atoms with Gasteiger partial charge in [-0.3, -0.25) is 9.69 Å². The van der Waals surface area contributed by atoms with Crippen molar-refractivity contribution in [1.29, 1.82) is 0 Å². The predicted octanol–water partition coefficient (Wildman–Crippen LogP) is 0.947. The molecule has 1 N–H and O–H groups in total. The van der Waals surface area contributed by atoms with E-state index in [-0.39, 0.29) is 11.9 Å². The Morgan fingerprint density at radius 3 is 2.43 bits per heavy atom. The quantitative estimate of drug-likeness (QED) is 0.877. The minimum Gasteiger partial charge on any atom is -0.497 e. The van der Waals surface area contributed by atoms with Crippen LogP contribution < -0.4 is 10.1 Å². The van der Waals surface area contributed by atoms with Crippen molar-refractivity contribution in [3.05, 3.63) is 29.8 Å². The Morgan fingerprint density at radius 2 is 1.86 bits per heavy atom. The standard InChI is InChI=1S/C16H25N3O2/c1-13(19-10-8-18(2)9-11-19)16(20)17-12-14-4-6-15(21-3)7-5-14/h4-7,13H,8-12H2,1-3H3,(H,17,20). The lowest BCUT2D eigenvalue weighted by Crippen LogP contribution is -2.52. The third-order valence-corrected chi connectivity index (χ3v) is 4.09. The second-order valence-electron chi connectivity index (χ2n) is 5.58. The summed E-state index contributed by atoms with van der Waals surface area (Å²) in [4.78, 5) is 16.8. The molecule has 0 spiro atoms. The molecule has 1 amide bonds. The molecule has 5 heteroatoms. The van der Waals surface area contributed by atoms with Crippen LogP contribution in [0.5, 0.6) is 5.75 Å². The van der Waals surface area contributed by atoms with Gasteiger partial charge in [-0.15, -0.1) is 0 Å². The number of amides is 1. The predicted molar refractivity (Wildman–Crippen MR) is 83.4 cm³/mol. The highest BCUT2D eigenvalue weighted by Gasteiger charge is 2.23. The van der Waals surface area contributed by atoms with Gasteiger partial charge >= 0.3 is 0 Å². The monoisotopic (exact) mass is 291 g/mol. The maximum Gasteiger partial charge on any atom is 0.237 e. The van der Waals surface area contributed by atoms with Crippen molar-refractivity contribution in [3.8, 4) is 5.75 Å². The lowest BCUT2D eigenvalue weighted by molar-refractivity contribution is -0.126. The third kappa shape index (κ3) is 4.44. The fourth-order valence-corrected chi connectivity index (χ4v) is 2.46. The molecule has 5 nitrogen and oxygen atoms in total. The summed E-state index contributed by atoms with van der Waals surface area (Å²) < 4.78 is 5.12. The Labute approximate surface area is 126 Å². The highest BCUT2D eigenvalue weighted by Crippen LogP contribution is 2.11. The topological polar surface area (TPSA) is 44.8 Å². The number of carbonyl (C=O) groups is 1. The van der Waals surface area contributed by atoms with Crippen LogP contribution in [0.4, 0.5) is 0 Å². The summed E-state index contributed by atoms with van der Waals surface area (Å²) in [6.45, 7) is 6.49. The molecule has 1 aromatic rings. The minimum absolute atomic E-state index is 0.0723. The van der Waals surface area contributed by atoms with Crippen LogP contribution in [-0.2, 0) is 11.3 Å². The summed E-state index contributed by atoms with van der Waals surface area (Å²) in [6.07, 6.45) is 0. The van der Waals surface area contributed by atoms with Crippen LogP contribution in [-0.4, -0.2) is 62.1 Å². The van der Waals surface area contributed by atoms with E-state index in [1.807, 2.05) is 31.2 Å². The van der Waals surface area contributed by atoms with E-state index < -0.39 is 0 Å². The number of nitrogens with zero attached hydrogens (tertiary/aromatic N) is 2. The number of hydrogen-bond donors (Lipinski definition) is 1. The first-order chi connectivity index (χ1) is 10.1. The molecule has 0 bridgehead atoms. The molecule has 1 unspecified atom stereocenters. The van der Waals surface area contributed by atoms with E-state index >= 15 is 0 Å². The molecule has 0 radical (unpaired) electrons. The minimum atomic E-state index is -0.0723. The van der Waals surface area contributed by atoms with Crippen LogP contribution in [0.3, 0.4) is 0 Å². The van der Waals surface area contributed by atoms with Gasteiger partial charge in [0, 0.05) is 32.7 Å². The first kappa shape index (κ1) is 15.8. The Hall–Kier alpha value is -1.59. The van der Waals surface area contributed by atoms with Gasteiger partial charge in [0.15, 0.2) is 0 Å². The van der Waals surface area contributed by atoms with Crippen molar-refractivity contribution < 1.29 is 9.53 Å². The maximum absolute atomic E-state index is 12.2. The van der Waals surface area contributed by atoms with Gasteiger partial charge in [-0.2, -0.15) is 0 Å². The lowest BCUT2D eigenvalue weighted by atomic mass is 10.2. The number of carbonyl (C=O) groups excluding carboxylic acids is 1. The zero-order valence-corrected chi connectivity index (χ0v) is 13.1. The number of benzene rings is 1. The van der Waals surface area contributed by atoms with Gasteiger partial charge < -0.3 is 15.0 Å². The van der Waals surface area contributed by atoms with Crippen LogP contribution in [0.2, 0.25) is 0 Å². The van der Waals surface area contributed by atoms with Crippen molar-refractivity contribution in [1.82, 2.24) is 15.1 Å². The average Bonchev–Trinajstić information content (AvgIpc) is 2.53. The fourth-order valence-electron chi connectivity index (χ4n) is 2.46. The molecule has 1 fully saturated rings. The fraction of sp³-hybridized carbons (Fsp3) is 0.562. The van der Waals surface area contributed by atoms with Crippen LogP contribution in [0.25, 0.3) is 0 Å². The Kier molecular flexibility index (Phi) is 5.59. The molecule has 1 atom stereocenters. The third-order valence-electron chi connectivity index (χ3n) is 4.09. The zero-order valence-electron chi connectivity index (χ0n) is 13.1. The molecule has 21 heavy (non-hydrogen) atoms.